The highest BCUT2D eigenvalue weighted by molar-refractivity contribution is 14.0. The molecule has 0 amide bonds. The van der Waals surface area contributed by atoms with Crippen LogP contribution in [0.4, 0.5) is 0 Å². The van der Waals surface area contributed by atoms with Gasteiger partial charge in [-0.2, -0.15) is 0 Å². The van der Waals surface area contributed by atoms with Crippen molar-refractivity contribution in [3.05, 3.63) is 12.7 Å². The van der Waals surface area contributed by atoms with Gasteiger partial charge in [0.05, 0.1) is 5.75 Å². The molecule has 0 fully saturated rings. The van der Waals surface area contributed by atoms with E-state index in [9.17, 15) is 8.42 Å². The number of hydrogen-bond donors (Lipinski definition) is 1. The highest BCUT2D eigenvalue weighted by atomic mass is 127. The van der Waals surface area contributed by atoms with Crippen LogP contribution in [-0.2, 0) is 10.0 Å². The zero-order valence-electron chi connectivity index (χ0n) is 15.6. The van der Waals surface area contributed by atoms with Crippen molar-refractivity contribution in [1.29, 1.82) is 0 Å². The number of nitrogens with zero attached hydrogens (tertiary/aromatic N) is 3. The highest BCUT2D eigenvalue weighted by Crippen LogP contribution is 2.02. The first-order chi connectivity index (χ1) is 10.9. The van der Waals surface area contributed by atoms with Gasteiger partial charge in [0.2, 0.25) is 10.0 Å². The molecule has 0 aliphatic heterocycles. The Hall–Kier alpha value is -0.350. The Morgan fingerprint density at radius 2 is 1.83 bits per heavy atom. The van der Waals surface area contributed by atoms with Crippen molar-refractivity contribution in [2.75, 3.05) is 46.0 Å². The summed E-state index contributed by atoms with van der Waals surface area (Å²) in [6.45, 7) is 9.72. The van der Waals surface area contributed by atoms with Crippen LogP contribution in [0.25, 0.3) is 0 Å². The zero-order chi connectivity index (χ0) is 17.7. The number of unbranched alkanes of at least 4 members (excludes halogenated alkanes) is 3. The number of halogens is 1. The lowest BCUT2D eigenvalue weighted by Crippen LogP contribution is -2.43. The maximum Gasteiger partial charge on any atom is 0.215 e. The first kappa shape index (κ1) is 25.9. The van der Waals surface area contributed by atoms with E-state index in [4.69, 9.17) is 0 Å². The van der Waals surface area contributed by atoms with Gasteiger partial charge in [-0.25, -0.2) is 12.7 Å². The Kier molecular flexibility index (Phi) is 16.1. The van der Waals surface area contributed by atoms with E-state index in [1.165, 1.54) is 4.31 Å². The number of rotatable bonds is 12. The van der Waals surface area contributed by atoms with Gasteiger partial charge in [0.15, 0.2) is 5.96 Å². The Balaban J connectivity index is 0. The van der Waals surface area contributed by atoms with Crippen LogP contribution in [0.3, 0.4) is 0 Å². The molecule has 0 aliphatic rings. The van der Waals surface area contributed by atoms with Crippen LogP contribution < -0.4 is 5.32 Å². The molecule has 0 aromatic heterocycles. The molecule has 8 heteroatoms. The lowest BCUT2D eigenvalue weighted by Gasteiger charge is -2.23. The van der Waals surface area contributed by atoms with Gasteiger partial charge in [-0.1, -0.05) is 26.3 Å². The van der Waals surface area contributed by atoms with Crippen molar-refractivity contribution in [2.24, 2.45) is 4.99 Å². The van der Waals surface area contributed by atoms with Crippen LogP contribution in [0.2, 0.25) is 0 Å². The minimum absolute atomic E-state index is 0. The Labute approximate surface area is 165 Å². The van der Waals surface area contributed by atoms with Crippen molar-refractivity contribution in [1.82, 2.24) is 14.5 Å². The van der Waals surface area contributed by atoms with Gasteiger partial charge < -0.3 is 10.2 Å². The van der Waals surface area contributed by atoms with E-state index in [2.05, 4.69) is 16.9 Å². The van der Waals surface area contributed by atoms with Crippen LogP contribution in [0.15, 0.2) is 17.6 Å². The molecule has 144 valence electrons. The number of nitrogens with one attached hydrogen (secondary N) is 1. The molecular formula is C16H35IN4O2S. The third-order valence-electron chi connectivity index (χ3n) is 3.72. The fourth-order valence-electron chi connectivity index (χ4n) is 2.34. The minimum atomic E-state index is -3.19. The van der Waals surface area contributed by atoms with E-state index in [0.717, 1.165) is 38.2 Å². The second-order valence-electron chi connectivity index (χ2n) is 5.43. The average molecular weight is 474 g/mol. The summed E-state index contributed by atoms with van der Waals surface area (Å²) in [5, 5.41) is 3.13. The van der Waals surface area contributed by atoms with Crippen LogP contribution >= 0.6 is 24.0 Å². The normalized spacial score (nSPS) is 12.0. The van der Waals surface area contributed by atoms with E-state index in [-0.39, 0.29) is 29.7 Å². The Morgan fingerprint density at radius 1 is 1.21 bits per heavy atom. The Morgan fingerprint density at radius 3 is 2.33 bits per heavy atom. The standard InChI is InChI=1S/C16H34N4O2S.HI/c1-6-9-10-11-12-14-19(5)16(17-4)18-13-15-23(21,22)20(7-2)8-3;/h6H,1,7-15H2,2-5H3,(H,17,18);1H. The van der Waals surface area contributed by atoms with Gasteiger partial charge in [0, 0.05) is 40.3 Å². The molecule has 0 heterocycles. The van der Waals surface area contributed by atoms with Crippen LogP contribution in [0, 0.1) is 0 Å². The molecule has 0 atom stereocenters. The van der Waals surface area contributed by atoms with E-state index in [1.54, 1.807) is 7.05 Å². The maximum absolute atomic E-state index is 12.1. The van der Waals surface area contributed by atoms with Crippen molar-refractivity contribution in [2.45, 2.75) is 39.5 Å². The molecule has 0 rings (SSSR count). The first-order valence-electron chi connectivity index (χ1n) is 8.43. The molecule has 0 aliphatic carbocycles. The summed E-state index contributed by atoms with van der Waals surface area (Å²) < 4.78 is 25.7. The number of aliphatic imine (C=N–C) groups is 1. The van der Waals surface area contributed by atoms with Gasteiger partial charge in [-0.15, -0.1) is 30.6 Å². The molecule has 0 aromatic rings. The molecule has 0 saturated heterocycles. The predicted octanol–water partition coefficient (Wildman–Crippen LogP) is 2.53. The summed E-state index contributed by atoms with van der Waals surface area (Å²) in [5.41, 5.74) is 0. The lowest BCUT2D eigenvalue weighted by atomic mass is 10.2. The van der Waals surface area contributed by atoms with Crippen molar-refractivity contribution < 1.29 is 8.42 Å². The van der Waals surface area contributed by atoms with Crippen LogP contribution in [0.1, 0.15) is 39.5 Å². The van der Waals surface area contributed by atoms with Crippen LogP contribution in [-0.4, -0.2) is 69.6 Å². The SMILES string of the molecule is C=CCCCCCN(C)C(=NC)NCCS(=O)(=O)N(CC)CC.I. The van der Waals surface area contributed by atoms with E-state index < -0.39 is 10.0 Å². The number of guanidine groups is 1. The molecule has 0 radical (unpaired) electrons. The van der Waals surface area contributed by atoms with Crippen LogP contribution in [0.5, 0.6) is 0 Å². The van der Waals surface area contributed by atoms with E-state index >= 15 is 0 Å². The first-order valence-corrected chi connectivity index (χ1v) is 10.0. The van der Waals surface area contributed by atoms with Gasteiger partial charge in [0.1, 0.15) is 0 Å². The second-order valence-corrected chi connectivity index (χ2v) is 7.52. The third-order valence-corrected chi connectivity index (χ3v) is 5.74. The predicted molar refractivity (Wildman–Crippen MR) is 115 cm³/mol. The summed E-state index contributed by atoms with van der Waals surface area (Å²) in [6, 6.07) is 0. The largest absolute Gasteiger partial charge is 0.355 e. The highest BCUT2D eigenvalue weighted by Gasteiger charge is 2.18. The summed E-state index contributed by atoms with van der Waals surface area (Å²) in [5.74, 6) is 0.824. The molecule has 0 unspecified atom stereocenters. The van der Waals surface area contributed by atoms with Crippen molar-refractivity contribution in [3.8, 4) is 0 Å². The lowest BCUT2D eigenvalue weighted by molar-refractivity contribution is 0.442. The second kappa shape index (κ2) is 14.9. The minimum Gasteiger partial charge on any atom is -0.355 e. The fraction of sp³-hybridized carbons (Fsp3) is 0.812. The van der Waals surface area contributed by atoms with E-state index in [0.29, 0.717) is 19.6 Å². The Bertz CT molecular complexity index is 451. The molecular weight excluding hydrogens is 439 g/mol. The zero-order valence-corrected chi connectivity index (χ0v) is 18.8. The molecule has 1 N–H and O–H groups in total. The van der Waals surface area contributed by atoms with Gasteiger partial charge in [-0.3, -0.25) is 4.99 Å². The topological polar surface area (TPSA) is 65.0 Å². The van der Waals surface area contributed by atoms with Gasteiger partial charge in [0.25, 0.3) is 0 Å². The summed E-state index contributed by atoms with van der Waals surface area (Å²) in [6.07, 6.45) is 6.40. The van der Waals surface area contributed by atoms with E-state index in [1.807, 2.05) is 31.9 Å². The smallest absolute Gasteiger partial charge is 0.215 e. The molecule has 24 heavy (non-hydrogen) atoms. The molecule has 0 spiro atoms. The fourth-order valence-corrected chi connectivity index (χ4v) is 3.75. The maximum atomic E-state index is 12.1. The molecule has 6 nitrogen and oxygen atoms in total. The quantitative estimate of drug-likeness (QED) is 0.155. The molecule has 0 bridgehead atoms. The summed E-state index contributed by atoms with van der Waals surface area (Å²) in [7, 11) is 0.500. The number of hydrogen-bond acceptors (Lipinski definition) is 3. The van der Waals surface area contributed by atoms with Crippen molar-refractivity contribution in [3.63, 3.8) is 0 Å². The summed E-state index contributed by atoms with van der Waals surface area (Å²) >= 11 is 0. The van der Waals surface area contributed by atoms with Gasteiger partial charge >= 0.3 is 0 Å². The number of allylic oxidation sites excluding steroid dienone is 1. The number of sulfonamides is 1. The van der Waals surface area contributed by atoms with Crippen molar-refractivity contribution >= 4 is 40.0 Å². The molecule has 0 aromatic carbocycles. The molecule has 0 saturated carbocycles. The average Bonchev–Trinajstić information content (AvgIpc) is 2.52. The van der Waals surface area contributed by atoms with Gasteiger partial charge in [-0.05, 0) is 19.3 Å². The summed E-state index contributed by atoms with van der Waals surface area (Å²) in [4.78, 5) is 6.25. The monoisotopic (exact) mass is 474 g/mol. The third kappa shape index (κ3) is 10.5.